The summed E-state index contributed by atoms with van der Waals surface area (Å²) < 4.78 is 35.1. The topological polar surface area (TPSA) is 77.1 Å². The summed E-state index contributed by atoms with van der Waals surface area (Å²) in [5, 5.41) is 12.5. The first-order valence-electron chi connectivity index (χ1n) is 9.69. The molecule has 0 N–H and O–H groups in total. The van der Waals surface area contributed by atoms with E-state index >= 15 is 0 Å². The molecule has 31 heavy (non-hydrogen) atoms. The van der Waals surface area contributed by atoms with Gasteiger partial charge in [0.2, 0.25) is 0 Å². The smallest absolute Gasteiger partial charge is 0.268 e. The predicted octanol–water partition coefficient (Wildman–Crippen LogP) is 3.61. The van der Waals surface area contributed by atoms with Crippen LogP contribution in [0.3, 0.4) is 0 Å². The van der Waals surface area contributed by atoms with Crippen molar-refractivity contribution in [3.63, 3.8) is 0 Å². The van der Waals surface area contributed by atoms with Crippen LogP contribution in [-0.4, -0.2) is 37.3 Å². The fourth-order valence-electron chi connectivity index (χ4n) is 3.80. The second kappa shape index (κ2) is 7.42. The van der Waals surface area contributed by atoms with E-state index in [1.54, 1.807) is 40.9 Å². The van der Waals surface area contributed by atoms with Gasteiger partial charge in [-0.05, 0) is 30.3 Å². The van der Waals surface area contributed by atoms with Gasteiger partial charge in [0.15, 0.2) is 5.69 Å². The van der Waals surface area contributed by atoms with Gasteiger partial charge in [-0.1, -0.05) is 18.2 Å². The number of carbonyl (C=O) groups is 1. The molecule has 156 valence electrons. The van der Waals surface area contributed by atoms with E-state index in [2.05, 4.69) is 15.3 Å². The molecule has 1 amide bonds. The van der Waals surface area contributed by atoms with E-state index in [1.807, 2.05) is 0 Å². The molecule has 0 fully saturated rings. The molecule has 9 heteroatoms. The number of aryl methyl sites for hydroxylation is 1. The summed E-state index contributed by atoms with van der Waals surface area (Å²) in [6.07, 6.45) is 0.578. The van der Waals surface area contributed by atoms with Gasteiger partial charge in [0.25, 0.3) is 17.7 Å². The summed E-state index contributed by atoms with van der Waals surface area (Å²) in [6, 6.07) is 11.8. The van der Waals surface area contributed by atoms with Gasteiger partial charge in [-0.25, -0.2) is 8.78 Å². The first kappa shape index (κ1) is 19.1. The lowest BCUT2D eigenvalue weighted by Crippen LogP contribution is -2.36. The van der Waals surface area contributed by atoms with Crippen LogP contribution in [0.5, 0.6) is 0 Å². The van der Waals surface area contributed by atoms with Crippen molar-refractivity contribution in [1.82, 2.24) is 24.9 Å². The molecular weight excluding hydrogens is 404 g/mol. The van der Waals surface area contributed by atoms with Gasteiger partial charge in [0.1, 0.15) is 11.6 Å². The van der Waals surface area contributed by atoms with E-state index in [4.69, 9.17) is 4.42 Å². The van der Waals surface area contributed by atoms with E-state index < -0.39 is 11.6 Å². The lowest BCUT2D eigenvalue weighted by Gasteiger charge is -2.27. The summed E-state index contributed by atoms with van der Waals surface area (Å²) in [4.78, 5) is 14.5. The molecule has 7 nitrogen and oxygen atoms in total. The van der Waals surface area contributed by atoms with Crippen molar-refractivity contribution in [1.29, 1.82) is 0 Å². The van der Waals surface area contributed by atoms with Crippen molar-refractivity contribution in [2.75, 3.05) is 6.54 Å². The zero-order valence-electron chi connectivity index (χ0n) is 16.5. The average Bonchev–Trinajstić information content (AvgIpc) is 3.38. The van der Waals surface area contributed by atoms with E-state index in [9.17, 15) is 13.6 Å². The Labute approximate surface area is 175 Å². The van der Waals surface area contributed by atoms with Crippen molar-refractivity contribution < 1.29 is 18.0 Å². The highest BCUT2D eigenvalue weighted by atomic mass is 19.1. The van der Waals surface area contributed by atoms with Crippen LogP contribution in [0.1, 0.15) is 21.6 Å². The highest BCUT2D eigenvalue weighted by molar-refractivity contribution is 5.94. The zero-order valence-corrected chi connectivity index (χ0v) is 16.5. The molecule has 0 atom stereocenters. The Hall–Kier alpha value is -3.88. The van der Waals surface area contributed by atoms with Crippen molar-refractivity contribution in [3.8, 4) is 23.0 Å². The van der Waals surface area contributed by atoms with E-state index in [1.165, 1.54) is 24.3 Å². The summed E-state index contributed by atoms with van der Waals surface area (Å²) >= 11 is 0. The van der Waals surface area contributed by atoms with Gasteiger partial charge < -0.3 is 9.32 Å². The van der Waals surface area contributed by atoms with E-state index in [-0.39, 0.29) is 35.4 Å². The van der Waals surface area contributed by atoms with Crippen molar-refractivity contribution in [2.45, 2.75) is 13.0 Å². The highest BCUT2D eigenvalue weighted by Gasteiger charge is 2.30. The zero-order chi connectivity index (χ0) is 21.5. The lowest BCUT2D eigenvalue weighted by atomic mass is 10.0. The Morgan fingerprint density at radius 2 is 1.87 bits per heavy atom. The number of aromatic nitrogens is 4. The second-order valence-electron chi connectivity index (χ2n) is 7.28. The molecule has 0 aliphatic carbocycles. The fraction of sp³-hybridized carbons (Fsp3) is 0.182. The molecule has 0 bridgehead atoms. The van der Waals surface area contributed by atoms with Crippen LogP contribution < -0.4 is 0 Å². The molecule has 2 aromatic carbocycles. The van der Waals surface area contributed by atoms with Crippen LogP contribution in [-0.2, 0) is 20.0 Å². The number of nitrogens with zero attached hydrogens (tertiary/aromatic N) is 5. The Kier molecular flexibility index (Phi) is 4.58. The van der Waals surface area contributed by atoms with Crippen molar-refractivity contribution >= 4 is 5.91 Å². The minimum atomic E-state index is -0.465. The molecule has 0 saturated carbocycles. The molecule has 1 aliphatic heterocycles. The fourth-order valence-corrected chi connectivity index (χ4v) is 3.80. The monoisotopic (exact) mass is 421 g/mol. The Balaban J connectivity index is 1.48. The number of fused-ring (bicyclic) bond motifs is 1. The third-order valence-electron chi connectivity index (χ3n) is 5.33. The average molecular weight is 421 g/mol. The largest absolute Gasteiger partial charge is 0.414 e. The molecule has 0 saturated heterocycles. The third kappa shape index (κ3) is 3.37. The van der Waals surface area contributed by atoms with Crippen LogP contribution in [0.2, 0.25) is 0 Å². The third-order valence-corrected chi connectivity index (χ3v) is 5.33. The Bertz CT molecular complexity index is 1300. The van der Waals surface area contributed by atoms with Crippen LogP contribution in [0.25, 0.3) is 23.0 Å². The predicted molar refractivity (Wildman–Crippen MR) is 107 cm³/mol. The van der Waals surface area contributed by atoms with E-state index in [0.717, 1.165) is 11.3 Å². The van der Waals surface area contributed by atoms with Crippen LogP contribution >= 0.6 is 0 Å². The van der Waals surface area contributed by atoms with Gasteiger partial charge in [0.05, 0.1) is 12.1 Å². The van der Waals surface area contributed by atoms with Crippen molar-refractivity contribution in [3.05, 3.63) is 77.0 Å². The molecule has 1 aliphatic rings. The Morgan fingerprint density at radius 1 is 1.06 bits per heavy atom. The molecule has 4 aromatic rings. The van der Waals surface area contributed by atoms with Gasteiger partial charge in [-0.15, -0.1) is 10.2 Å². The molecule has 5 rings (SSSR count). The molecule has 2 aromatic heterocycles. The number of carbonyl (C=O) groups excluding carboxylic acids is 1. The first-order chi connectivity index (χ1) is 15.0. The minimum absolute atomic E-state index is 0.0519. The van der Waals surface area contributed by atoms with Gasteiger partial charge in [-0.2, -0.15) is 5.10 Å². The number of halogens is 2. The highest BCUT2D eigenvalue weighted by Crippen LogP contribution is 2.31. The first-order valence-corrected chi connectivity index (χ1v) is 9.69. The van der Waals surface area contributed by atoms with Gasteiger partial charge in [-0.3, -0.25) is 9.48 Å². The maximum atomic E-state index is 14.1. The summed E-state index contributed by atoms with van der Waals surface area (Å²) in [5.41, 5.74) is 2.66. The van der Waals surface area contributed by atoms with Gasteiger partial charge >= 0.3 is 0 Å². The maximum Gasteiger partial charge on any atom is 0.268 e. The minimum Gasteiger partial charge on any atom is -0.414 e. The SMILES string of the molecule is Cn1nc(-c2nnc(-c3ccccc3F)o2)c2c1CCN(C(=O)c1cccc(F)c1)C2. The summed E-state index contributed by atoms with van der Waals surface area (Å²) in [5.74, 6) is -0.992. The number of hydrogen-bond acceptors (Lipinski definition) is 5. The molecule has 0 unspecified atom stereocenters. The quantitative estimate of drug-likeness (QED) is 0.505. The van der Waals surface area contributed by atoms with Crippen LogP contribution in [0.4, 0.5) is 8.78 Å². The van der Waals surface area contributed by atoms with Crippen LogP contribution in [0.15, 0.2) is 52.9 Å². The second-order valence-corrected chi connectivity index (χ2v) is 7.28. The lowest BCUT2D eigenvalue weighted by molar-refractivity contribution is 0.0733. The normalized spacial score (nSPS) is 13.3. The number of hydrogen-bond donors (Lipinski definition) is 0. The molecule has 3 heterocycles. The Morgan fingerprint density at radius 3 is 2.68 bits per heavy atom. The molecule has 0 radical (unpaired) electrons. The maximum absolute atomic E-state index is 14.1. The number of rotatable bonds is 3. The number of amides is 1. The standard InChI is InChI=1S/C22H17F2N5O2/c1-28-18-9-10-29(22(30)13-5-4-6-14(23)11-13)12-16(18)19(27-28)21-26-25-20(31-21)15-7-2-3-8-17(15)24/h2-8,11H,9-10,12H2,1H3. The molecule has 0 spiro atoms. The summed E-state index contributed by atoms with van der Waals surface area (Å²) in [6.45, 7) is 0.747. The molecular formula is C22H17F2N5O2. The van der Waals surface area contributed by atoms with Crippen molar-refractivity contribution in [2.24, 2.45) is 7.05 Å². The van der Waals surface area contributed by atoms with Gasteiger partial charge in [0, 0.05) is 36.8 Å². The van der Waals surface area contributed by atoms with Crippen LogP contribution in [0, 0.1) is 11.6 Å². The summed E-state index contributed by atoms with van der Waals surface area (Å²) in [7, 11) is 1.81. The number of benzene rings is 2. The van der Waals surface area contributed by atoms with E-state index in [0.29, 0.717) is 18.7 Å².